The number of amides is 1. The number of hydrogen-bond acceptors (Lipinski definition) is 3. The average Bonchev–Trinajstić information content (AvgIpc) is 2.50. The van der Waals surface area contributed by atoms with E-state index in [0.29, 0.717) is 6.54 Å². The van der Waals surface area contributed by atoms with Gasteiger partial charge in [0, 0.05) is 13.1 Å². The third-order valence-electron chi connectivity index (χ3n) is 3.39. The molecule has 0 heterocycles. The molecule has 23 heavy (non-hydrogen) atoms. The van der Waals surface area contributed by atoms with E-state index in [9.17, 15) is 18.7 Å². The Morgan fingerprint density at radius 3 is 2.43 bits per heavy atom. The molecule has 1 atom stereocenters. The Bertz CT molecular complexity index is 665. The molecule has 2 aromatic carbocycles. The highest BCUT2D eigenvalue weighted by Crippen LogP contribution is 2.18. The molecule has 0 radical (unpaired) electrons. The SMILES string of the molecule is NC(=O)CN(Cc1ccccc1)CC(O)c1ccc(F)c(F)c1. The average molecular weight is 320 g/mol. The number of nitrogens with two attached hydrogens (primary N) is 1. The summed E-state index contributed by atoms with van der Waals surface area (Å²) < 4.78 is 26.2. The molecule has 0 aliphatic carbocycles. The Labute approximate surface area is 133 Å². The van der Waals surface area contributed by atoms with Crippen molar-refractivity contribution in [3.63, 3.8) is 0 Å². The minimum absolute atomic E-state index is 0.0460. The van der Waals surface area contributed by atoms with Crippen LogP contribution >= 0.6 is 0 Å². The third-order valence-corrected chi connectivity index (χ3v) is 3.39. The van der Waals surface area contributed by atoms with Gasteiger partial charge in [0.05, 0.1) is 12.6 Å². The van der Waals surface area contributed by atoms with E-state index in [1.807, 2.05) is 30.3 Å². The molecule has 2 aromatic rings. The van der Waals surface area contributed by atoms with E-state index < -0.39 is 23.6 Å². The van der Waals surface area contributed by atoms with Crippen LogP contribution in [0.1, 0.15) is 17.2 Å². The van der Waals surface area contributed by atoms with Crippen LogP contribution in [0.3, 0.4) is 0 Å². The normalized spacial score (nSPS) is 12.3. The van der Waals surface area contributed by atoms with Gasteiger partial charge in [-0.2, -0.15) is 0 Å². The van der Waals surface area contributed by atoms with Crippen LogP contribution in [-0.2, 0) is 11.3 Å². The van der Waals surface area contributed by atoms with Gasteiger partial charge in [-0.1, -0.05) is 36.4 Å². The van der Waals surface area contributed by atoms with Crippen molar-refractivity contribution in [2.75, 3.05) is 13.1 Å². The molecule has 6 heteroatoms. The zero-order valence-electron chi connectivity index (χ0n) is 12.5. The Kier molecular flexibility index (Phi) is 5.78. The number of carbonyl (C=O) groups is 1. The predicted molar refractivity (Wildman–Crippen MR) is 82.2 cm³/mol. The minimum Gasteiger partial charge on any atom is -0.387 e. The number of nitrogens with zero attached hydrogens (tertiary/aromatic N) is 1. The van der Waals surface area contributed by atoms with Gasteiger partial charge < -0.3 is 10.8 Å². The largest absolute Gasteiger partial charge is 0.387 e. The maximum atomic E-state index is 13.3. The highest BCUT2D eigenvalue weighted by molar-refractivity contribution is 5.75. The van der Waals surface area contributed by atoms with Gasteiger partial charge in [-0.3, -0.25) is 9.69 Å². The summed E-state index contributed by atoms with van der Waals surface area (Å²) in [7, 11) is 0. The number of benzene rings is 2. The smallest absolute Gasteiger partial charge is 0.231 e. The second kappa shape index (κ2) is 7.80. The van der Waals surface area contributed by atoms with Gasteiger partial charge in [-0.25, -0.2) is 8.78 Å². The van der Waals surface area contributed by atoms with Crippen molar-refractivity contribution in [3.05, 3.63) is 71.3 Å². The van der Waals surface area contributed by atoms with Gasteiger partial charge in [-0.05, 0) is 23.3 Å². The quantitative estimate of drug-likeness (QED) is 0.820. The molecular formula is C17H18F2N2O2. The van der Waals surface area contributed by atoms with Crippen LogP contribution in [0.2, 0.25) is 0 Å². The Balaban J connectivity index is 2.09. The molecule has 0 aliphatic rings. The number of primary amides is 1. The number of halogens is 2. The van der Waals surface area contributed by atoms with E-state index in [2.05, 4.69) is 0 Å². The lowest BCUT2D eigenvalue weighted by atomic mass is 10.1. The maximum Gasteiger partial charge on any atom is 0.231 e. The van der Waals surface area contributed by atoms with Crippen LogP contribution in [-0.4, -0.2) is 29.0 Å². The van der Waals surface area contributed by atoms with Crippen LogP contribution in [0.5, 0.6) is 0 Å². The second-order valence-corrected chi connectivity index (χ2v) is 5.31. The molecule has 0 aliphatic heterocycles. The van der Waals surface area contributed by atoms with Gasteiger partial charge in [0.2, 0.25) is 5.91 Å². The van der Waals surface area contributed by atoms with E-state index in [1.54, 1.807) is 4.90 Å². The van der Waals surface area contributed by atoms with E-state index >= 15 is 0 Å². The first-order valence-corrected chi connectivity index (χ1v) is 7.13. The predicted octanol–water partition coefficient (Wildman–Crippen LogP) is 1.99. The molecule has 1 amide bonds. The number of aliphatic hydroxyl groups excluding tert-OH is 1. The molecule has 122 valence electrons. The number of hydrogen-bond donors (Lipinski definition) is 2. The fourth-order valence-corrected chi connectivity index (χ4v) is 2.32. The fourth-order valence-electron chi connectivity index (χ4n) is 2.32. The van der Waals surface area contributed by atoms with Crippen LogP contribution in [0, 0.1) is 11.6 Å². The van der Waals surface area contributed by atoms with Gasteiger partial charge in [0.1, 0.15) is 0 Å². The molecule has 0 aromatic heterocycles. The lowest BCUT2D eigenvalue weighted by Crippen LogP contribution is -2.36. The summed E-state index contributed by atoms with van der Waals surface area (Å²) >= 11 is 0. The molecule has 0 bridgehead atoms. The maximum absolute atomic E-state index is 13.3. The van der Waals surface area contributed by atoms with Crippen LogP contribution in [0.4, 0.5) is 8.78 Å². The van der Waals surface area contributed by atoms with Gasteiger partial charge in [0.15, 0.2) is 11.6 Å². The Morgan fingerprint density at radius 2 is 1.83 bits per heavy atom. The Morgan fingerprint density at radius 1 is 1.13 bits per heavy atom. The summed E-state index contributed by atoms with van der Waals surface area (Å²) in [5.74, 6) is -2.52. The van der Waals surface area contributed by atoms with Crippen LogP contribution in [0.15, 0.2) is 48.5 Å². The highest BCUT2D eigenvalue weighted by Gasteiger charge is 2.17. The van der Waals surface area contributed by atoms with Gasteiger partial charge in [-0.15, -0.1) is 0 Å². The molecule has 0 fully saturated rings. The van der Waals surface area contributed by atoms with Gasteiger partial charge >= 0.3 is 0 Å². The number of carbonyl (C=O) groups excluding carboxylic acids is 1. The fraction of sp³-hybridized carbons (Fsp3) is 0.235. The number of aliphatic hydroxyl groups is 1. The van der Waals surface area contributed by atoms with E-state index in [0.717, 1.165) is 17.7 Å². The van der Waals surface area contributed by atoms with Crippen molar-refractivity contribution >= 4 is 5.91 Å². The summed E-state index contributed by atoms with van der Waals surface area (Å²) in [6.07, 6.45) is -1.06. The lowest BCUT2D eigenvalue weighted by Gasteiger charge is -2.24. The molecule has 1 unspecified atom stereocenters. The van der Waals surface area contributed by atoms with E-state index in [4.69, 9.17) is 5.73 Å². The minimum atomic E-state index is -1.06. The first-order chi connectivity index (χ1) is 11.0. The first kappa shape index (κ1) is 17.1. The van der Waals surface area contributed by atoms with Crippen molar-refractivity contribution in [1.29, 1.82) is 0 Å². The summed E-state index contributed by atoms with van der Waals surface area (Å²) in [5.41, 5.74) is 6.43. The topological polar surface area (TPSA) is 66.6 Å². The molecule has 4 nitrogen and oxygen atoms in total. The van der Waals surface area contributed by atoms with E-state index in [1.165, 1.54) is 6.07 Å². The van der Waals surface area contributed by atoms with Crippen molar-refractivity contribution < 1.29 is 18.7 Å². The molecule has 0 spiro atoms. The van der Waals surface area contributed by atoms with Gasteiger partial charge in [0.25, 0.3) is 0 Å². The first-order valence-electron chi connectivity index (χ1n) is 7.13. The summed E-state index contributed by atoms with van der Waals surface area (Å²) in [6, 6.07) is 12.6. The standard InChI is InChI=1S/C17H18F2N2O2/c18-14-7-6-13(8-15(14)19)16(22)10-21(11-17(20)23)9-12-4-2-1-3-5-12/h1-8,16,22H,9-11H2,(H2,20,23). The summed E-state index contributed by atoms with van der Waals surface area (Å²) in [4.78, 5) is 12.9. The zero-order valence-corrected chi connectivity index (χ0v) is 12.5. The monoisotopic (exact) mass is 320 g/mol. The second-order valence-electron chi connectivity index (χ2n) is 5.31. The van der Waals surface area contributed by atoms with E-state index in [-0.39, 0.29) is 18.7 Å². The number of rotatable bonds is 7. The molecule has 0 saturated heterocycles. The molecular weight excluding hydrogens is 302 g/mol. The summed E-state index contributed by atoms with van der Waals surface area (Å²) in [5, 5.41) is 10.2. The lowest BCUT2D eigenvalue weighted by molar-refractivity contribution is -0.119. The zero-order chi connectivity index (χ0) is 16.8. The van der Waals surface area contributed by atoms with Crippen molar-refractivity contribution in [2.45, 2.75) is 12.6 Å². The van der Waals surface area contributed by atoms with Crippen LogP contribution < -0.4 is 5.73 Å². The molecule has 3 N–H and O–H groups in total. The molecule has 2 rings (SSSR count). The molecule has 0 saturated carbocycles. The summed E-state index contributed by atoms with van der Waals surface area (Å²) in [6.45, 7) is 0.434. The third kappa shape index (κ3) is 5.12. The van der Waals surface area contributed by atoms with Crippen molar-refractivity contribution in [3.8, 4) is 0 Å². The van der Waals surface area contributed by atoms with Crippen molar-refractivity contribution in [2.24, 2.45) is 5.73 Å². The van der Waals surface area contributed by atoms with Crippen molar-refractivity contribution in [1.82, 2.24) is 4.90 Å². The Hall–Kier alpha value is -2.31. The van der Waals surface area contributed by atoms with Crippen LogP contribution in [0.25, 0.3) is 0 Å². The highest BCUT2D eigenvalue weighted by atomic mass is 19.2.